The zero-order valence-corrected chi connectivity index (χ0v) is 8.68. The van der Waals surface area contributed by atoms with E-state index in [1.807, 2.05) is 13.8 Å². The molecule has 0 aliphatic rings. The molecule has 0 atom stereocenters. The molecule has 0 heterocycles. The van der Waals surface area contributed by atoms with Crippen molar-refractivity contribution in [2.75, 3.05) is 13.2 Å². The number of carbonyl (C=O) groups excluding carboxylic acids is 1. The number of hydrogen-bond donors (Lipinski definition) is 2. The molecular formula is C10H21NO2. The third-order valence-corrected chi connectivity index (χ3v) is 2.24. The van der Waals surface area contributed by atoms with Gasteiger partial charge in [-0.1, -0.05) is 13.8 Å². The lowest BCUT2D eigenvalue weighted by molar-refractivity contribution is -0.125. The Balaban J connectivity index is 3.48. The van der Waals surface area contributed by atoms with Crippen LogP contribution in [0.15, 0.2) is 0 Å². The molecule has 0 spiro atoms. The molecular weight excluding hydrogens is 166 g/mol. The largest absolute Gasteiger partial charge is 0.396 e. The SMILES string of the molecule is CCC(CC)C(=O)NCCCCO. The Morgan fingerprint density at radius 3 is 2.38 bits per heavy atom. The van der Waals surface area contributed by atoms with Crippen LogP contribution in [-0.4, -0.2) is 24.2 Å². The minimum atomic E-state index is 0.155. The molecule has 0 bridgehead atoms. The number of unbranched alkanes of at least 4 members (excludes halogenated alkanes) is 1. The molecule has 3 nitrogen and oxygen atoms in total. The number of amides is 1. The Morgan fingerprint density at radius 2 is 1.92 bits per heavy atom. The first kappa shape index (κ1) is 12.4. The highest BCUT2D eigenvalue weighted by Crippen LogP contribution is 2.06. The van der Waals surface area contributed by atoms with Crippen LogP contribution >= 0.6 is 0 Å². The van der Waals surface area contributed by atoms with Gasteiger partial charge in [-0.15, -0.1) is 0 Å². The predicted molar refractivity (Wildman–Crippen MR) is 53.4 cm³/mol. The number of aliphatic hydroxyl groups is 1. The van der Waals surface area contributed by atoms with Gasteiger partial charge in [0.15, 0.2) is 0 Å². The molecule has 0 unspecified atom stereocenters. The van der Waals surface area contributed by atoms with E-state index in [0.29, 0.717) is 6.54 Å². The quantitative estimate of drug-likeness (QED) is 0.590. The topological polar surface area (TPSA) is 49.3 Å². The van der Waals surface area contributed by atoms with Gasteiger partial charge in [0.25, 0.3) is 0 Å². The Hall–Kier alpha value is -0.570. The van der Waals surface area contributed by atoms with Crippen LogP contribution in [0.2, 0.25) is 0 Å². The smallest absolute Gasteiger partial charge is 0.223 e. The van der Waals surface area contributed by atoms with Gasteiger partial charge in [-0.3, -0.25) is 4.79 Å². The molecule has 0 saturated carbocycles. The zero-order chi connectivity index (χ0) is 10.1. The molecule has 0 aromatic rings. The highest BCUT2D eigenvalue weighted by atomic mass is 16.2. The Kier molecular flexibility index (Phi) is 7.69. The second-order valence-corrected chi connectivity index (χ2v) is 3.24. The molecule has 2 N–H and O–H groups in total. The monoisotopic (exact) mass is 187 g/mol. The van der Waals surface area contributed by atoms with Gasteiger partial charge >= 0.3 is 0 Å². The van der Waals surface area contributed by atoms with Gasteiger partial charge in [0.1, 0.15) is 0 Å². The van der Waals surface area contributed by atoms with E-state index in [4.69, 9.17) is 5.11 Å². The average Bonchev–Trinajstić information content (AvgIpc) is 2.14. The van der Waals surface area contributed by atoms with Crippen LogP contribution in [0.5, 0.6) is 0 Å². The van der Waals surface area contributed by atoms with Gasteiger partial charge in [-0.25, -0.2) is 0 Å². The maximum atomic E-state index is 11.4. The third-order valence-electron chi connectivity index (χ3n) is 2.24. The highest BCUT2D eigenvalue weighted by molar-refractivity contribution is 5.78. The van der Waals surface area contributed by atoms with Crippen LogP contribution in [0, 0.1) is 5.92 Å². The second-order valence-electron chi connectivity index (χ2n) is 3.24. The summed E-state index contributed by atoms with van der Waals surface area (Å²) in [6, 6.07) is 0. The summed E-state index contributed by atoms with van der Waals surface area (Å²) in [5, 5.41) is 11.4. The lowest BCUT2D eigenvalue weighted by atomic mass is 10.0. The lowest BCUT2D eigenvalue weighted by Gasteiger charge is -2.12. The molecule has 13 heavy (non-hydrogen) atoms. The number of rotatable bonds is 7. The minimum absolute atomic E-state index is 0.155. The number of carbonyl (C=O) groups is 1. The van der Waals surface area contributed by atoms with Crippen molar-refractivity contribution in [1.82, 2.24) is 5.32 Å². The third kappa shape index (κ3) is 5.64. The predicted octanol–water partition coefficient (Wildman–Crippen LogP) is 1.31. The summed E-state index contributed by atoms with van der Waals surface area (Å²) < 4.78 is 0. The van der Waals surface area contributed by atoms with Crippen LogP contribution in [0.25, 0.3) is 0 Å². The molecule has 0 aromatic heterocycles. The van der Waals surface area contributed by atoms with Crippen LogP contribution in [0.4, 0.5) is 0 Å². The van der Waals surface area contributed by atoms with Crippen molar-refractivity contribution < 1.29 is 9.90 Å². The zero-order valence-electron chi connectivity index (χ0n) is 8.68. The standard InChI is InChI=1S/C10H21NO2/c1-3-9(4-2)10(13)11-7-5-6-8-12/h9,12H,3-8H2,1-2H3,(H,11,13). The molecule has 1 amide bonds. The van der Waals surface area contributed by atoms with Gasteiger partial charge in [0.2, 0.25) is 5.91 Å². The lowest BCUT2D eigenvalue weighted by Crippen LogP contribution is -2.30. The first-order valence-corrected chi connectivity index (χ1v) is 5.14. The van der Waals surface area contributed by atoms with Crippen LogP contribution in [-0.2, 0) is 4.79 Å². The molecule has 78 valence electrons. The Bertz CT molecular complexity index is 133. The van der Waals surface area contributed by atoms with Crippen LogP contribution in [0.3, 0.4) is 0 Å². The molecule has 0 radical (unpaired) electrons. The van der Waals surface area contributed by atoms with Crippen molar-refractivity contribution >= 4 is 5.91 Å². The summed E-state index contributed by atoms with van der Waals surface area (Å²) in [5.41, 5.74) is 0. The molecule has 3 heteroatoms. The van der Waals surface area contributed by atoms with Crippen molar-refractivity contribution in [3.63, 3.8) is 0 Å². The fourth-order valence-corrected chi connectivity index (χ4v) is 1.25. The van der Waals surface area contributed by atoms with E-state index in [1.54, 1.807) is 0 Å². The van der Waals surface area contributed by atoms with E-state index in [-0.39, 0.29) is 18.4 Å². The van der Waals surface area contributed by atoms with Crippen molar-refractivity contribution in [2.45, 2.75) is 39.5 Å². The van der Waals surface area contributed by atoms with Gasteiger partial charge in [0.05, 0.1) is 0 Å². The summed E-state index contributed by atoms with van der Waals surface area (Å²) in [4.78, 5) is 11.4. The number of aliphatic hydroxyl groups excluding tert-OH is 1. The molecule has 0 aliphatic carbocycles. The van der Waals surface area contributed by atoms with Gasteiger partial charge in [0, 0.05) is 19.1 Å². The van der Waals surface area contributed by atoms with Crippen molar-refractivity contribution in [3.8, 4) is 0 Å². The fraction of sp³-hybridized carbons (Fsp3) is 0.900. The number of hydrogen-bond acceptors (Lipinski definition) is 2. The average molecular weight is 187 g/mol. The fourth-order valence-electron chi connectivity index (χ4n) is 1.25. The minimum Gasteiger partial charge on any atom is -0.396 e. The maximum Gasteiger partial charge on any atom is 0.223 e. The van der Waals surface area contributed by atoms with Crippen molar-refractivity contribution in [3.05, 3.63) is 0 Å². The Morgan fingerprint density at radius 1 is 1.31 bits per heavy atom. The van der Waals surface area contributed by atoms with Gasteiger partial charge in [-0.05, 0) is 25.7 Å². The first-order chi connectivity index (χ1) is 6.26. The van der Waals surface area contributed by atoms with E-state index in [1.165, 1.54) is 0 Å². The normalized spacial score (nSPS) is 10.5. The molecule has 0 aromatic carbocycles. The highest BCUT2D eigenvalue weighted by Gasteiger charge is 2.12. The molecule has 0 fully saturated rings. The first-order valence-electron chi connectivity index (χ1n) is 5.14. The Labute approximate surface area is 80.5 Å². The maximum absolute atomic E-state index is 11.4. The van der Waals surface area contributed by atoms with Crippen molar-refractivity contribution in [1.29, 1.82) is 0 Å². The van der Waals surface area contributed by atoms with E-state index in [2.05, 4.69) is 5.32 Å². The molecule has 0 saturated heterocycles. The molecule has 0 aliphatic heterocycles. The van der Waals surface area contributed by atoms with E-state index in [0.717, 1.165) is 25.7 Å². The van der Waals surface area contributed by atoms with Crippen LogP contribution in [0.1, 0.15) is 39.5 Å². The van der Waals surface area contributed by atoms with Crippen LogP contribution < -0.4 is 5.32 Å². The van der Waals surface area contributed by atoms with Crippen molar-refractivity contribution in [2.24, 2.45) is 5.92 Å². The van der Waals surface area contributed by atoms with E-state index >= 15 is 0 Å². The van der Waals surface area contributed by atoms with Gasteiger partial charge in [-0.2, -0.15) is 0 Å². The summed E-state index contributed by atoms with van der Waals surface area (Å²) in [7, 11) is 0. The summed E-state index contributed by atoms with van der Waals surface area (Å²) in [6.07, 6.45) is 3.44. The summed E-state index contributed by atoms with van der Waals surface area (Å²) in [6.45, 7) is 4.96. The van der Waals surface area contributed by atoms with Gasteiger partial charge < -0.3 is 10.4 Å². The molecule has 0 rings (SSSR count). The summed E-state index contributed by atoms with van der Waals surface area (Å²) in [5.74, 6) is 0.317. The number of nitrogens with one attached hydrogen (secondary N) is 1. The van der Waals surface area contributed by atoms with E-state index < -0.39 is 0 Å². The van der Waals surface area contributed by atoms with E-state index in [9.17, 15) is 4.79 Å². The summed E-state index contributed by atoms with van der Waals surface area (Å²) >= 11 is 0. The second kappa shape index (κ2) is 8.05.